The zero-order chi connectivity index (χ0) is 15.2. The zero-order valence-corrected chi connectivity index (χ0v) is 12.4. The Labute approximate surface area is 123 Å². The molecule has 0 fully saturated rings. The predicted octanol–water partition coefficient (Wildman–Crippen LogP) is 3.27. The minimum atomic E-state index is -0.487. The first kappa shape index (κ1) is 15.1. The molecule has 1 aromatic carbocycles. The van der Waals surface area contributed by atoms with E-state index in [4.69, 9.17) is 4.74 Å². The molecule has 0 aliphatic heterocycles. The summed E-state index contributed by atoms with van der Waals surface area (Å²) in [6.45, 7) is 2.70. The van der Waals surface area contributed by atoms with Crippen molar-refractivity contribution in [3.8, 4) is 5.75 Å². The van der Waals surface area contributed by atoms with E-state index < -0.39 is 6.09 Å². The highest BCUT2D eigenvalue weighted by Gasteiger charge is 2.13. The first-order chi connectivity index (χ1) is 10.2. The fourth-order valence-corrected chi connectivity index (χ4v) is 2.32. The van der Waals surface area contributed by atoms with Gasteiger partial charge < -0.3 is 14.6 Å². The number of aryl methyl sites for hydroxylation is 1. The molecule has 0 atom stereocenters. The Morgan fingerprint density at radius 1 is 1.38 bits per heavy atom. The van der Waals surface area contributed by atoms with Crippen LogP contribution in [0.4, 0.5) is 4.79 Å². The summed E-state index contributed by atoms with van der Waals surface area (Å²) < 4.78 is 7.18. The van der Waals surface area contributed by atoms with Crippen molar-refractivity contribution in [1.29, 1.82) is 0 Å². The number of carbonyl (C=O) groups is 2. The molecule has 112 valence electrons. The number of carbonyl (C=O) groups excluding carboxylic acids is 2. The van der Waals surface area contributed by atoms with Gasteiger partial charge in [0, 0.05) is 25.4 Å². The maximum absolute atomic E-state index is 11.8. The lowest BCUT2D eigenvalue weighted by Gasteiger charge is -2.08. The summed E-state index contributed by atoms with van der Waals surface area (Å²) in [5.41, 5.74) is 1.37. The van der Waals surface area contributed by atoms with Crippen LogP contribution in [0.5, 0.6) is 5.75 Å². The molecular weight excluding hydrogens is 268 g/mol. The molecule has 5 nitrogen and oxygen atoms in total. The van der Waals surface area contributed by atoms with Crippen LogP contribution in [-0.4, -0.2) is 23.5 Å². The van der Waals surface area contributed by atoms with E-state index in [0.29, 0.717) is 23.2 Å². The Kier molecular flexibility index (Phi) is 4.98. The van der Waals surface area contributed by atoms with Crippen molar-refractivity contribution in [3.63, 3.8) is 0 Å². The van der Waals surface area contributed by atoms with Gasteiger partial charge in [0.05, 0.1) is 10.9 Å². The zero-order valence-electron chi connectivity index (χ0n) is 12.4. The highest BCUT2D eigenvalue weighted by molar-refractivity contribution is 6.02. The van der Waals surface area contributed by atoms with Crippen molar-refractivity contribution in [2.45, 2.75) is 26.2 Å². The number of nitrogens with zero attached hydrogens (tertiary/aromatic N) is 1. The van der Waals surface area contributed by atoms with E-state index in [-0.39, 0.29) is 0 Å². The van der Waals surface area contributed by atoms with E-state index in [1.165, 1.54) is 0 Å². The van der Waals surface area contributed by atoms with Gasteiger partial charge in [-0.25, -0.2) is 4.79 Å². The summed E-state index contributed by atoms with van der Waals surface area (Å²) in [6, 6.07) is 5.38. The van der Waals surface area contributed by atoms with Gasteiger partial charge in [-0.15, -0.1) is 0 Å². The minimum Gasteiger partial charge on any atom is -0.410 e. The average molecular weight is 288 g/mol. The SMILES string of the molecule is CCCCCNC(=O)Oc1cccc2c1c(C=O)cn2C. The maximum Gasteiger partial charge on any atom is 0.412 e. The molecule has 0 aliphatic carbocycles. The Balaban J connectivity index is 2.15. The topological polar surface area (TPSA) is 60.3 Å². The fraction of sp³-hybridized carbons (Fsp3) is 0.375. The largest absolute Gasteiger partial charge is 0.412 e. The number of hydrogen-bond donors (Lipinski definition) is 1. The number of unbranched alkanes of at least 4 members (excludes halogenated alkanes) is 2. The number of nitrogens with one attached hydrogen (secondary N) is 1. The van der Waals surface area contributed by atoms with Gasteiger partial charge in [-0.1, -0.05) is 25.8 Å². The third-order valence-corrected chi connectivity index (χ3v) is 3.38. The molecule has 0 aliphatic rings. The van der Waals surface area contributed by atoms with Crippen molar-refractivity contribution in [3.05, 3.63) is 30.0 Å². The van der Waals surface area contributed by atoms with E-state index in [0.717, 1.165) is 31.1 Å². The number of benzene rings is 1. The number of aldehydes is 1. The second-order valence-electron chi connectivity index (χ2n) is 4.99. The Hall–Kier alpha value is -2.30. The van der Waals surface area contributed by atoms with Gasteiger partial charge in [-0.3, -0.25) is 4.79 Å². The molecule has 0 unspecified atom stereocenters. The summed E-state index contributed by atoms with van der Waals surface area (Å²) in [5.74, 6) is 0.406. The Bertz CT molecular complexity index is 646. The number of hydrogen-bond acceptors (Lipinski definition) is 3. The number of ether oxygens (including phenoxy) is 1. The average Bonchev–Trinajstić information content (AvgIpc) is 2.81. The highest BCUT2D eigenvalue weighted by atomic mass is 16.6. The number of amides is 1. The molecule has 0 spiro atoms. The monoisotopic (exact) mass is 288 g/mol. The first-order valence-electron chi connectivity index (χ1n) is 7.16. The van der Waals surface area contributed by atoms with Crippen LogP contribution in [0.2, 0.25) is 0 Å². The summed E-state index contributed by atoms with van der Waals surface area (Å²) in [5, 5.41) is 3.38. The van der Waals surface area contributed by atoms with Crippen molar-refractivity contribution in [1.82, 2.24) is 9.88 Å². The van der Waals surface area contributed by atoms with Gasteiger partial charge in [-0.05, 0) is 18.6 Å². The highest BCUT2D eigenvalue weighted by Crippen LogP contribution is 2.29. The van der Waals surface area contributed by atoms with Crippen LogP contribution in [0.1, 0.15) is 36.5 Å². The Morgan fingerprint density at radius 3 is 2.90 bits per heavy atom. The van der Waals surface area contributed by atoms with E-state index in [9.17, 15) is 9.59 Å². The summed E-state index contributed by atoms with van der Waals surface area (Å²) in [4.78, 5) is 22.9. The first-order valence-corrected chi connectivity index (χ1v) is 7.16. The summed E-state index contributed by atoms with van der Waals surface area (Å²) >= 11 is 0. The fourth-order valence-electron chi connectivity index (χ4n) is 2.32. The van der Waals surface area contributed by atoms with E-state index in [1.807, 2.05) is 17.7 Å². The lowest BCUT2D eigenvalue weighted by molar-refractivity contribution is 0.112. The lowest BCUT2D eigenvalue weighted by atomic mass is 10.2. The van der Waals surface area contributed by atoms with Crippen LogP contribution in [-0.2, 0) is 7.05 Å². The standard InChI is InChI=1S/C16H20N2O3/c1-3-4-5-9-17-16(20)21-14-8-6-7-13-15(14)12(11-19)10-18(13)2/h6-8,10-11H,3-5,9H2,1-2H3,(H,17,20). The van der Waals surface area contributed by atoms with E-state index in [1.54, 1.807) is 18.3 Å². The molecule has 2 rings (SSSR count). The van der Waals surface area contributed by atoms with Crippen molar-refractivity contribution in [2.24, 2.45) is 7.05 Å². The summed E-state index contributed by atoms with van der Waals surface area (Å²) in [7, 11) is 1.85. The van der Waals surface area contributed by atoms with Gasteiger partial charge in [0.2, 0.25) is 0 Å². The number of rotatable bonds is 6. The molecule has 0 saturated heterocycles. The molecule has 0 bridgehead atoms. The van der Waals surface area contributed by atoms with Crippen LogP contribution in [0, 0.1) is 0 Å². The molecule has 5 heteroatoms. The van der Waals surface area contributed by atoms with Gasteiger partial charge in [0.15, 0.2) is 6.29 Å². The van der Waals surface area contributed by atoms with Crippen LogP contribution in [0.25, 0.3) is 10.9 Å². The maximum atomic E-state index is 11.8. The quantitative estimate of drug-likeness (QED) is 0.655. The molecule has 0 radical (unpaired) electrons. The molecule has 1 N–H and O–H groups in total. The van der Waals surface area contributed by atoms with E-state index >= 15 is 0 Å². The minimum absolute atomic E-state index is 0.406. The second-order valence-corrected chi connectivity index (χ2v) is 4.99. The smallest absolute Gasteiger partial charge is 0.410 e. The third kappa shape index (κ3) is 3.42. The molecule has 0 saturated carbocycles. The predicted molar refractivity (Wildman–Crippen MR) is 81.9 cm³/mol. The molecule has 1 heterocycles. The lowest BCUT2D eigenvalue weighted by Crippen LogP contribution is -2.27. The second kappa shape index (κ2) is 6.92. The van der Waals surface area contributed by atoms with Gasteiger partial charge in [-0.2, -0.15) is 0 Å². The van der Waals surface area contributed by atoms with Gasteiger partial charge in [0.25, 0.3) is 0 Å². The molecular formula is C16H20N2O3. The molecule has 2 aromatic rings. The van der Waals surface area contributed by atoms with E-state index in [2.05, 4.69) is 12.2 Å². The number of aromatic nitrogens is 1. The molecule has 1 amide bonds. The van der Waals surface area contributed by atoms with Crippen LogP contribution in [0.3, 0.4) is 0 Å². The van der Waals surface area contributed by atoms with Crippen molar-refractivity contribution >= 4 is 23.3 Å². The van der Waals surface area contributed by atoms with Crippen LogP contribution >= 0.6 is 0 Å². The van der Waals surface area contributed by atoms with Gasteiger partial charge >= 0.3 is 6.09 Å². The molecule has 21 heavy (non-hydrogen) atoms. The third-order valence-electron chi connectivity index (χ3n) is 3.38. The normalized spacial score (nSPS) is 10.6. The van der Waals surface area contributed by atoms with Crippen molar-refractivity contribution < 1.29 is 14.3 Å². The molecule has 1 aromatic heterocycles. The van der Waals surface area contributed by atoms with Gasteiger partial charge in [0.1, 0.15) is 5.75 Å². The Morgan fingerprint density at radius 2 is 2.19 bits per heavy atom. The van der Waals surface area contributed by atoms with Crippen LogP contribution in [0.15, 0.2) is 24.4 Å². The van der Waals surface area contributed by atoms with Crippen LogP contribution < -0.4 is 10.1 Å². The summed E-state index contributed by atoms with van der Waals surface area (Å²) in [6.07, 6.45) is 5.12. The van der Waals surface area contributed by atoms with Crippen molar-refractivity contribution in [2.75, 3.05) is 6.54 Å². The number of fused-ring (bicyclic) bond motifs is 1.